The number of carbonyl (C=O) groups excluding carboxylic acids is 1. The van der Waals surface area contributed by atoms with E-state index < -0.39 is 0 Å². The molecule has 1 heterocycles. The average Bonchev–Trinajstić information content (AvgIpc) is 2.73. The summed E-state index contributed by atoms with van der Waals surface area (Å²) in [5.41, 5.74) is 0.764. The molecule has 0 aliphatic carbocycles. The van der Waals surface area contributed by atoms with Gasteiger partial charge in [-0.2, -0.15) is 5.26 Å². The third-order valence-corrected chi connectivity index (χ3v) is 4.63. The van der Waals surface area contributed by atoms with Gasteiger partial charge in [-0.15, -0.1) is 0 Å². The molecule has 1 aliphatic rings. The highest BCUT2D eigenvalue weighted by atomic mass is 16.5. The molecule has 0 spiro atoms. The van der Waals surface area contributed by atoms with Crippen LogP contribution in [-0.2, 0) is 9.53 Å². The molecule has 0 unspecified atom stereocenters. The first-order chi connectivity index (χ1) is 14.0. The third kappa shape index (κ3) is 7.76. The van der Waals surface area contributed by atoms with Crippen molar-refractivity contribution in [3.05, 3.63) is 29.3 Å². The minimum atomic E-state index is -0.378. The van der Waals surface area contributed by atoms with Crippen LogP contribution < -0.4 is 14.8 Å². The molecule has 7 nitrogen and oxygen atoms in total. The van der Waals surface area contributed by atoms with Crippen LogP contribution in [0.15, 0.2) is 23.8 Å². The van der Waals surface area contributed by atoms with E-state index in [0.717, 1.165) is 39.3 Å². The fourth-order valence-electron chi connectivity index (χ4n) is 2.86. The van der Waals surface area contributed by atoms with Crippen molar-refractivity contribution in [3.63, 3.8) is 0 Å². The van der Waals surface area contributed by atoms with Crippen LogP contribution in [0, 0.1) is 17.2 Å². The predicted molar refractivity (Wildman–Crippen MR) is 112 cm³/mol. The second-order valence-corrected chi connectivity index (χ2v) is 7.32. The maximum atomic E-state index is 12.3. The Labute approximate surface area is 173 Å². The van der Waals surface area contributed by atoms with Gasteiger partial charge in [0.25, 0.3) is 5.91 Å². The Morgan fingerprint density at radius 3 is 2.76 bits per heavy atom. The van der Waals surface area contributed by atoms with Gasteiger partial charge in [0.1, 0.15) is 11.6 Å². The van der Waals surface area contributed by atoms with E-state index in [9.17, 15) is 10.1 Å². The van der Waals surface area contributed by atoms with Crippen molar-refractivity contribution in [3.8, 4) is 17.6 Å². The van der Waals surface area contributed by atoms with E-state index in [4.69, 9.17) is 14.2 Å². The zero-order valence-corrected chi connectivity index (χ0v) is 17.6. The lowest BCUT2D eigenvalue weighted by Gasteiger charge is -2.26. The number of ether oxygens (including phenoxy) is 3. The number of methoxy groups -OCH3 is 1. The smallest absolute Gasteiger partial charge is 0.261 e. The molecule has 0 bridgehead atoms. The number of rotatable bonds is 10. The van der Waals surface area contributed by atoms with Crippen LogP contribution in [0.1, 0.15) is 25.8 Å². The predicted octanol–water partition coefficient (Wildman–Crippen LogP) is 2.48. The van der Waals surface area contributed by atoms with E-state index in [-0.39, 0.29) is 11.5 Å². The summed E-state index contributed by atoms with van der Waals surface area (Å²) in [5.74, 6) is 1.41. The monoisotopic (exact) mass is 401 g/mol. The Kier molecular flexibility index (Phi) is 9.48. The van der Waals surface area contributed by atoms with Crippen LogP contribution in [0.25, 0.3) is 6.08 Å². The Morgan fingerprint density at radius 2 is 2.10 bits per heavy atom. The summed E-state index contributed by atoms with van der Waals surface area (Å²) in [6.45, 7) is 9.29. The minimum absolute atomic E-state index is 0.0579. The Morgan fingerprint density at radius 1 is 1.34 bits per heavy atom. The highest BCUT2D eigenvalue weighted by Crippen LogP contribution is 2.29. The van der Waals surface area contributed by atoms with Crippen molar-refractivity contribution in [1.82, 2.24) is 10.2 Å². The molecule has 1 amide bonds. The van der Waals surface area contributed by atoms with Gasteiger partial charge in [-0.1, -0.05) is 19.9 Å². The standard InChI is InChI=1S/C22H31N3O4/c1-17(2)6-11-29-20-5-4-18(15-21(20)27-3)14-19(16-23)22(26)24-7-8-25-9-12-28-13-10-25/h4-5,14-15,17H,6-13H2,1-3H3,(H,24,26). The first-order valence-electron chi connectivity index (χ1n) is 10.0. The van der Waals surface area contributed by atoms with E-state index >= 15 is 0 Å². The summed E-state index contributed by atoms with van der Waals surface area (Å²) in [7, 11) is 1.57. The molecule has 7 heteroatoms. The summed E-state index contributed by atoms with van der Waals surface area (Å²) in [5, 5.41) is 12.2. The highest BCUT2D eigenvalue weighted by molar-refractivity contribution is 6.01. The van der Waals surface area contributed by atoms with E-state index in [1.54, 1.807) is 25.3 Å². The maximum Gasteiger partial charge on any atom is 0.261 e. The lowest BCUT2D eigenvalue weighted by molar-refractivity contribution is -0.117. The van der Waals surface area contributed by atoms with Gasteiger partial charge in [0, 0.05) is 26.2 Å². The first-order valence-corrected chi connectivity index (χ1v) is 10.0. The summed E-state index contributed by atoms with van der Waals surface area (Å²) in [4.78, 5) is 14.6. The van der Waals surface area contributed by atoms with Gasteiger partial charge in [0.2, 0.25) is 0 Å². The molecule has 1 aromatic carbocycles. The quantitative estimate of drug-likeness (QED) is 0.479. The molecule has 0 saturated carbocycles. The second kappa shape index (κ2) is 12.1. The van der Waals surface area contributed by atoms with Crippen molar-refractivity contribution in [2.75, 3.05) is 53.1 Å². The number of morpholine rings is 1. The number of amides is 1. The van der Waals surface area contributed by atoms with Crippen LogP contribution in [0.4, 0.5) is 0 Å². The van der Waals surface area contributed by atoms with E-state index in [2.05, 4.69) is 24.1 Å². The minimum Gasteiger partial charge on any atom is -0.493 e. The van der Waals surface area contributed by atoms with Gasteiger partial charge < -0.3 is 19.5 Å². The van der Waals surface area contributed by atoms with Gasteiger partial charge >= 0.3 is 0 Å². The van der Waals surface area contributed by atoms with Crippen molar-refractivity contribution >= 4 is 12.0 Å². The summed E-state index contributed by atoms with van der Waals surface area (Å²) < 4.78 is 16.5. The van der Waals surface area contributed by atoms with Crippen LogP contribution in [0.5, 0.6) is 11.5 Å². The molecular weight excluding hydrogens is 370 g/mol. The van der Waals surface area contributed by atoms with Gasteiger partial charge in [0.15, 0.2) is 11.5 Å². The van der Waals surface area contributed by atoms with Crippen LogP contribution in [-0.4, -0.2) is 63.9 Å². The number of hydrogen-bond acceptors (Lipinski definition) is 6. The molecule has 1 N–H and O–H groups in total. The van der Waals surface area contributed by atoms with Gasteiger partial charge in [0.05, 0.1) is 26.9 Å². The van der Waals surface area contributed by atoms with Crippen LogP contribution in [0.3, 0.4) is 0 Å². The number of nitriles is 1. The number of benzene rings is 1. The molecule has 0 radical (unpaired) electrons. The topological polar surface area (TPSA) is 83.8 Å². The molecule has 2 rings (SSSR count). The fraction of sp³-hybridized carbons (Fsp3) is 0.545. The summed E-state index contributed by atoms with van der Waals surface area (Å²) >= 11 is 0. The molecule has 29 heavy (non-hydrogen) atoms. The van der Waals surface area contributed by atoms with Gasteiger partial charge in [-0.25, -0.2) is 0 Å². The molecule has 0 atom stereocenters. The molecule has 1 fully saturated rings. The molecule has 0 aromatic heterocycles. The van der Waals surface area contributed by atoms with E-state index in [1.807, 2.05) is 12.1 Å². The molecule has 1 saturated heterocycles. The molecular formula is C22H31N3O4. The SMILES string of the molecule is COc1cc(C=C(C#N)C(=O)NCCN2CCOCC2)ccc1OCCC(C)C. The number of nitrogens with one attached hydrogen (secondary N) is 1. The van der Waals surface area contributed by atoms with Crippen molar-refractivity contribution in [2.45, 2.75) is 20.3 Å². The normalized spacial score (nSPS) is 15.1. The third-order valence-electron chi connectivity index (χ3n) is 4.63. The first kappa shape index (κ1) is 22.7. The Hall–Kier alpha value is -2.56. The Balaban J connectivity index is 1.95. The molecule has 1 aromatic rings. The zero-order chi connectivity index (χ0) is 21.1. The second-order valence-electron chi connectivity index (χ2n) is 7.32. The average molecular weight is 402 g/mol. The van der Waals surface area contributed by atoms with Gasteiger partial charge in [-0.3, -0.25) is 9.69 Å². The molecule has 158 valence electrons. The Bertz CT molecular complexity index is 734. The van der Waals surface area contributed by atoms with Crippen molar-refractivity contribution in [1.29, 1.82) is 5.26 Å². The van der Waals surface area contributed by atoms with Crippen molar-refractivity contribution < 1.29 is 19.0 Å². The fourth-order valence-corrected chi connectivity index (χ4v) is 2.86. The molecule has 1 aliphatic heterocycles. The van der Waals surface area contributed by atoms with Crippen molar-refractivity contribution in [2.24, 2.45) is 5.92 Å². The van der Waals surface area contributed by atoms with Gasteiger partial charge in [-0.05, 0) is 36.1 Å². The van der Waals surface area contributed by atoms with Crippen LogP contribution in [0.2, 0.25) is 0 Å². The number of hydrogen-bond donors (Lipinski definition) is 1. The highest BCUT2D eigenvalue weighted by Gasteiger charge is 2.13. The number of carbonyl (C=O) groups is 1. The number of nitrogens with zero attached hydrogens (tertiary/aromatic N) is 2. The van der Waals surface area contributed by atoms with E-state index in [0.29, 0.717) is 36.1 Å². The summed E-state index contributed by atoms with van der Waals surface area (Å²) in [6.07, 6.45) is 2.51. The summed E-state index contributed by atoms with van der Waals surface area (Å²) in [6, 6.07) is 7.36. The van der Waals surface area contributed by atoms with Crippen LogP contribution >= 0.6 is 0 Å². The lowest BCUT2D eigenvalue weighted by Crippen LogP contribution is -2.41. The van der Waals surface area contributed by atoms with E-state index in [1.165, 1.54) is 0 Å². The lowest BCUT2D eigenvalue weighted by atomic mass is 10.1. The maximum absolute atomic E-state index is 12.3. The zero-order valence-electron chi connectivity index (χ0n) is 17.6. The largest absolute Gasteiger partial charge is 0.493 e.